The highest BCUT2D eigenvalue weighted by atomic mass is 16.7. The normalized spacial score (nSPS) is 30.6. The lowest BCUT2D eigenvalue weighted by molar-refractivity contribution is -0.165. The van der Waals surface area contributed by atoms with Gasteiger partial charge in [0.2, 0.25) is 0 Å². The van der Waals surface area contributed by atoms with Crippen molar-refractivity contribution in [2.75, 3.05) is 6.61 Å². The Balaban J connectivity index is 2.36. The molecule has 148 valence electrons. The predicted octanol–water partition coefficient (Wildman–Crippen LogP) is 0.639. The number of unbranched alkanes of at least 4 members (excludes halogenated alkanes) is 8. The molecular weight excluding hydrogens is 328 g/mol. The van der Waals surface area contributed by atoms with Crippen molar-refractivity contribution in [3.8, 4) is 0 Å². The molecule has 1 saturated heterocycles. The molecule has 0 radical (unpaired) electrons. The molecule has 0 aromatic rings. The first-order valence-corrected chi connectivity index (χ1v) is 9.45. The topological polar surface area (TPSA) is 127 Å². The second kappa shape index (κ2) is 11.2. The fourth-order valence-electron chi connectivity index (χ4n) is 3.31. The molecule has 0 spiro atoms. The van der Waals surface area contributed by atoms with Gasteiger partial charge in [0.25, 0.3) is 0 Å². The summed E-state index contributed by atoms with van der Waals surface area (Å²) in [6.45, 7) is 1.43. The molecule has 7 heteroatoms. The Kier molecular flexibility index (Phi) is 10.1. The number of Topliss-reactive ketones (excluding diaryl/α,β-unsaturated/α-hetero) is 1. The Bertz CT molecular complexity index is 390. The molecule has 0 aromatic carbocycles. The van der Waals surface area contributed by atoms with Crippen LogP contribution in [-0.2, 0) is 9.53 Å². The van der Waals surface area contributed by atoms with Crippen LogP contribution in [0, 0.1) is 0 Å². The van der Waals surface area contributed by atoms with Gasteiger partial charge in [-0.3, -0.25) is 4.79 Å². The number of carbonyl (C=O) groups is 1. The van der Waals surface area contributed by atoms with E-state index in [1.54, 1.807) is 0 Å². The van der Waals surface area contributed by atoms with Gasteiger partial charge in [0.1, 0.15) is 18.3 Å². The summed E-state index contributed by atoms with van der Waals surface area (Å²) < 4.78 is 4.88. The SMILES string of the molecule is CCCCCCCCCCCC(=O)[C@]1(O)[C@@H]([C@H](O)CO)O[C@H](O)[C@@H]1O. The average Bonchev–Trinajstić information content (AvgIpc) is 2.84. The molecule has 1 rings (SSSR count). The van der Waals surface area contributed by atoms with E-state index in [4.69, 9.17) is 9.84 Å². The number of ketones is 1. The number of carbonyl (C=O) groups excluding carboxylic acids is 1. The van der Waals surface area contributed by atoms with E-state index in [2.05, 4.69) is 6.92 Å². The van der Waals surface area contributed by atoms with Gasteiger partial charge in [-0.25, -0.2) is 0 Å². The zero-order chi connectivity index (χ0) is 18.9. The monoisotopic (exact) mass is 362 g/mol. The lowest BCUT2D eigenvalue weighted by Gasteiger charge is -2.31. The van der Waals surface area contributed by atoms with Gasteiger partial charge in [-0.05, 0) is 6.42 Å². The first kappa shape index (κ1) is 22.5. The number of aliphatic hydroxyl groups is 5. The van der Waals surface area contributed by atoms with Crippen molar-refractivity contribution in [1.29, 1.82) is 0 Å². The fourth-order valence-corrected chi connectivity index (χ4v) is 3.31. The Hall–Kier alpha value is -0.570. The highest BCUT2D eigenvalue weighted by molar-refractivity contribution is 5.89. The Labute approximate surface area is 149 Å². The molecule has 7 nitrogen and oxygen atoms in total. The molecule has 0 aliphatic carbocycles. The summed E-state index contributed by atoms with van der Waals surface area (Å²) in [6, 6.07) is 0. The van der Waals surface area contributed by atoms with E-state index < -0.39 is 42.6 Å². The van der Waals surface area contributed by atoms with Crippen molar-refractivity contribution in [3.63, 3.8) is 0 Å². The van der Waals surface area contributed by atoms with Crippen molar-refractivity contribution in [2.45, 2.75) is 101 Å². The molecule has 1 aliphatic heterocycles. The summed E-state index contributed by atoms with van der Waals surface area (Å²) in [6.07, 6.45) is 2.96. The summed E-state index contributed by atoms with van der Waals surface area (Å²) in [7, 11) is 0. The van der Waals surface area contributed by atoms with Crippen LogP contribution in [0.1, 0.15) is 71.1 Å². The molecule has 0 saturated carbocycles. The number of aliphatic hydroxyl groups excluding tert-OH is 4. The van der Waals surface area contributed by atoms with E-state index in [1.165, 1.54) is 32.1 Å². The summed E-state index contributed by atoms with van der Waals surface area (Å²) in [5.74, 6) is -0.683. The smallest absolute Gasteiger partial charge is 0.184 e. The van der Waals surface area contributed by atoms with Gasteiger partial charge in [0, 0.05) is 6.42 Å². The van der Waals surface area contributed by atoms with Crippen molar-refractivity contribution >= 4 is 5.78 Å². The highest BCUT2D eigenvalue weighted by Crippen LogP contribution is 2.34. The molecule has 0 amide bonds. The van der Waals surface area contributed by atoms with E-state index >= 15 is 0 Å². The molecular formula is C18H34O7. The summed E-state index contributed by atoms with van der Waals surface area (Å²) in [5.41, 5.74) is -2.40. The lowest BCUT2D eigenvalue weighted by atomic mass is 9.83. The number of hydrogen-bond acceptors (Lipinski definition) is 7. The summed E-state index contributed by atoms with van der Waals surface area (Å²) in [4.78, 5) is 12.4. The second-order valence-electron chi connectivity index (χ2n) is 6.97. The molecule has 0 aromatic heterocycles. The Morgan fingerprint density at radius 1 is 1.04 bits per heavy atom. The van der Waals surface area contributed by atoms with Gasteiger partial charge >= 0.3 is 0 Å². The molecule has 5 N–H and O–H groups in total. The lowest BCUT2D eigenvalue weighted by Crippen LogP contribution is -2.58. The van der Waals surface area contributed by atoms with Crippen LogP contribution in [0.15, 0.2) is 0 Å². The molecule has 1 heterocycles. The average molecular weight is 362 g/mol. The van der Waals surface area contributed by atoms with Crippen LogP contribution in [0.25, 0.3) is 0 Å². The Morgan fingerprint density at radius 3 is 2.08 bits per heavy atom. The maximum Gasteiger partial charge on any atom is 0.184 e. The van der Waals surface area contributed by atoms with Crippen LogP contribution in [0.5, 0.6) is 0 Å². The molecule has 1 fully saturated rings. The molecule has 25 heavy (non-hydrogen) atoms. The largest absolute Gasteiger partial charge is 0.394 e. The van der Waals surface area contributed by atoms with Crippen LogP contribution in [0.4, 0.5) is 0 Å². The van der Waals surface area contributed by atoms with Crippen molar-refractivity contribution < 1.29 is 35.1 Å². The van der Waals surface area contributed by atoms with Crippen molar-refractivity contribution in [3.05, 3.63) is 0 Å². The minimum absolute atomic E-state index is 0.0219. The van der Waals surface area contributed by atoms with Crippen LogP contribution in [-0.4, -0.2) is 68.1 Å². The third-order valence-corrected chi connectivity index (χ3v) is 4.93. The minimum Gasteiger partial charge on any atom is -0.394 e. The van der Waals surface area contributed by atoms with Gasteiger partial charge < -0.3 is 30.3 Å². The molecule has 0 unspecified atom stereocenters. The van der Waals surface area contributed by atoms with Crippen molar-refractivity contribution in [1.82, 2.24) is 0 Å². The summed E-state index contributed by atoms with van der Waals surface area (Å²) >= 11 is 0. The van der Waals surface area contributed by atoms with E-state index in [1.807, 2.05) is 0 Å². The fraction of sp³-hybridized carbons (Fsp3) is 0.944. The van der Waals surface area contributed by atoms with E-state index in [-0.39, 0.29) is 6.42 Å². The van der Waals surface area contributed by atoms with Crippen LogP contribution < -0.4 is 0 Å². The standard InChI is InChI=1S/C18H34O7/c1-2-3-4-5-6-7-8-9-10-11-14(21)18(24)15(22)17(23)25-16(18)13(20)12-19/h13,15-17,19-20,22-24H,2-12H2,1H3/t13-,15+,16-,17+,18-/m1/s1. The first-order chi connectivity index (χ1) is 11.9. The number of rotatable bonds is 13. The number of hydrogen-bond donors (Lipinski definition) is 5. The third kappa shape index (κ3) is 5.98. The predicted molar refractivity (Wildman–Crippen MR) is 91.8 cm³/mol. The van der Waals surface area contributed by atoms with Crippen LogP contribution in [0.3, 0.4) is 0 Å². The molecule has 1 aliphatic rings. The first-order valence-electron chi connectivity index (χ1n) is 9.45. The van der Waals surface area contributed by atoms with Crippen LogP contribution >= 0.6 is 0 Å². The van der Waals surface area contributed by atoms with Crippen molar-refractivity contribution in [2.24, 2.45) is 0 Å². The van der Waals surface area contributed by atoms with E-state index in [9.17, 15) is 25.2 Å². The Morgan fingerprint density at radius 2 is 1.56 bits per heavy atom. The zero-order valence-electron chi connectivity index (χ0n) is 15.1. The van der Waals surface area contributed by atoms with Gasteiger partial charge in [-0.15, -0.1) is 0 Å². The molecule has 0 bridgehead atoms. The maximum atomic E-state index is 12.4. The van der Waals surface area contributed by atoms with Gasteiger partial charge in [0.05, 0.1) is 6.61 Å². The van der Waals surface area contributed by atoms with Crippen LogP contribution in [0.2, 0.25) is 0 Å². The summed E-state index contributed by atoms with van der Waals surface area (Å²) in [5, 5.41) is 48.7. The molecule has 5 atom stereocenters. The van der Waals surface area contributed by atoms with Gasteiger partial charge in [-0.1, -0.05) is 58.3 Å². The zero-order valence-corrected chi connectivity index (χ0v) is 15.1. The van der Waals surface area contributed by atoms with Gasteiger partial charge in [0.15, 0.2) is 17.7 Å². The highest BCUT2D eigenvalue weighted by Gasteiger charge is 2.61. The second-order valence-corrected chi connectivity index (χ2v) is 6.97. The maximum absolute atomic E-state index is 12.4. The quantitative estimate of drug-likeness (QED) is 0.304. The van der Waals surface area contributed by atoms with E-state index in [0.29, 0.717) is 6.42 Å². The van der Waals surface area contributed by atoms with E-state index in [0.717, 1.165) is 19.3 Å². The van der Waals surface area contributed by atoms with Gasteiger partial charge in [-0.2, -0.15) is 0 Å². The number of ether oxygens (including phenoxy) is 1. The third-order valence-electron chi connectivity index (χ3n) is 4.93. The minimum atomic E-state index is -2.40.